The van der Waals surface area contributed by atoms with Crippen LogP contribution in [0, 0.1) is 0 Å². The van der Waals surface area contributed by atoms with Crippen molar-refractivity contribution in [2.75, 3.05) is 38.6 Å². The summed E-state index contributed by atoms with van der Waals surface area (Å²) in [4.78, 5) is 8.31. The highest BCUT2D eigenvalue weighted by Gasteiger charge is 2.02. The van der Waals surface area contributed by atoms with Crippen molar-refractivity contribution in [2.45, 2.75) is 13.0 Å². The first-order valence-corrected chi connectivity index (χ1v) is 9.04. The fourth-order valence-corrected chi connectivity index (χ4v) is 2.52. The van der Waals surface area contributed by atoms with Crippen LogP contribution in [-0.2, 0) is 11.3 Å². The van der Waals surface area contributed by atoms with Crippen molar-refractivity contribution in [1.29, 1.82) is 0 Å². The number of nitrogens with zero attached hydrogens (tertiary/aromatic N) is 2. The van der Waals surface area contributed by atoms with E-state index in [1.165, 1.54) is 0 Å². The molecule has 0 radical (unpaired) electrons. The summed E-state index contributed by atoms with van der Waals surface area (Å²) in [6.45, 7) is 3.20. The van der Waals surface area contributed by atoms with E-state index >= 15 is 0 Å². The van der Waals surface area contributed by atoms with Crippen molar-refractivity contribution in [3.63, 3.8) is 0 Å². The molecule has 0 saturated heterocycles. The number of pyridine rings is 1. The van der Waals surface area contributed by atoms with Crippen LogP contribution in [0.5, 0.6) is 0 Å². The van der Waals surface area contributed by atoms with Crippen molar-refractivity contribution in [2.24, 2.45) is 4.99 Å². The standard InChI is InChI=1S/C17H23Cl2N5O2/c1-20-17(22-5-3-8-25-12-14-4-2-9-26-14)23-7-6-21-16-15(19)10-13(18)11-24-16/h2,4,9-11H,3,5-8,12H2,1H3,(H,21,24)(H2,20,22,23). The van der Waals surface area contributed by atoms with E-state index in [9.17, 15) is 0 Å². The van der Waals surface area contributed by atoms with E-state index < -0.39 is 0 Å². The average Bonchev–Trinajstić information content (AvgIpc) is 3.14. The minimum atomic E-state index is 0.493. The maximum absolute atomic E-state index is 6.06. The number of guanidine groups is 1. The molecule has 2 heterocycles. The fraction of sp³-hybridized carbons (Fsp3) is 0.412. The molecule has 142 valence electrons. The molecule has 0 amide bonds. The van der Waals surface area contributed by atoms with Crippen LogP contribution in [0.15, 0.2) is 40.1 Å². The Hall–Kier alpha value is -1.96. The van der Waals surface area contributed by atoms with Crippen molar-refractivity contribution in [3.8, 4) is 0 Å². The van der Waals surface area contributed by atoms with Crippen LogP contribution in [0.2, 0.25) is 10.0 Å². The Labute approximate surface area is 163 Å². The molecule has 0 bridgehead atoms. The van der Waals surface area contributed by atoms with Gasteiger partial charge in [0.1, 0.15) is 18.2 Å². The van der Waals surface area contributed by atoms with E-state index in [2.05, 4.69) is 25.9 Å². The second-order valence-corrected chi connectivity index (χ2v) is 6.17. The molecule has 2 rings (SSSR count). The predicted molar refractivity (Wildman–Crippen MR) is 105 cm³/mol. The summed E-state index contributed by atoms with van der Waals surface area (Å²) >= 11 is 11.9. The van der Waals surface area contributed by atoms with Crippen LogP contribution in [0.1, 0.15) is 12.2 Å². The second kappa shape index (κ2) is 11.6. The lowest BCUT2D eigenvalue weighted by molar-refractivity contribution is 0.105. The quantitative estimate of drug-likeness (QED) is 0.323. The molecule has 7 nitrogen and oxygen atoms in total. The second-order valence-electron chi connectivity index (χ2n) is 5.32. The lowest BCUT2D eigenvalue weighted by Crippen LogP contribution is -2.40. The van der Waals surface area contributed by atoms with E-state index in [0.29, 0.717) is 42.2 Å². The molecule has 26 heavy (non-hydrogen) atoms. The first-order valence-electron chi connectivity index (χ1n) is 8.28. The molecule has 0 atom stereocenters. The molecular weight excluding hydrogens is 377 g/mol. The summed E-state index contributed by atoms with van der Waals surface area (Å²) in [7, 11) is 1.73. The lowest BCUT2D eigenvalue weighted by Gasteiger charge is -2.13. The number of ether oxygens (including phenoxy) is 1. The Kier molecular flexibility index (Phi) is 9.09. The van der Waals surface area contributed by atoms with Gasteiger partial charge in [0.15, 0.2) is 5.96 Å². The predicted octanol–water partition coefficient (Wildman–Crippen LogP) is 3.17. The van der Waals surface area contributed by atoms with E-state index in [0.717, 1.165) is 24.7 Å². The molecule has 0 unspecified atom stereocenters. The normalized spacial score (nSPS) is 11.4. The maximum atomic E-state index is 6.06. The average molecular weight is 400 g/mol. The highest BCUT2D eigenvalue weighted by atomic mass is 35.5. The number of rotatable bonds is 10. The topological polar surface area (TPSA) is 83.7 Å². The Bertz CT molecular complexity index is 680. The number of hydrogen-bond acceptors (Lipinski definition) is 5. The lowest BCUT2D eigenvalue weighted by atomic mass is 10.4. The third-order valence-electron chi connectivity index (χ3n) is 3.32. The smallest absolute Gasteiger partial charge is 0.191 e. The van der Waals surface area contributed by atoms with Crippen LogP contribution >= 0.6 is 23.2 Å². The number of anilines is 1. The van der Waals surface area contributed by atoms with Gasteiger partial charge in [-0.05, 0) is 24.6 Å². The van der Waals surface area contributed by atoms with Gasteiger partial charge in [-0.2, -0.15) is 0 Å². The first kappa shape index (κ1) is 20.4. The summed E-state index contributed by atoms with van der Waals surface area (Å²) in [6.07, 6.45) is 4.06. The van der Waals surface area contributed by atoms with Gasteiger partial charge in [-0.25, -0.2) is 4.98 Å². The first-order chi connectivity index (χ1) is 12.7. The Morgan fingerprint density at radius 1 is 1.27 bits per heavy atom. The van der Waals surface area contributed by atoms with Crippen LogP contribution in [0.3, 0.4) is 0 Å². The number of furan rings is 1. The van der Waals surface area contributed by atoms with Gasteiger partial charge in [0.2, 0.25) is 0 Å². The molecule has 0 saturated carbocycles. The number of aromatic nitrogens is 1. The number of hydrogen-bond donors (Lipinski definition) is 3. The molecule has 0 spiro atoms. The van der Waals surface area contributed by atoms with Gasteiger partial charge in [-0.1, -0.05) is 23.2 Å². The largest absolute Gasteiger partial charge is 0.467 e. The van der Waals surface area contributed by atoms with Gasteiger partial charge in [0.05, 0.1) is 16.3 Å². The van der Waals surface area contributed by atoms with E-state index in [4.69, 9.17) is 32.4 Å². The molecule has 0 aliphatic rings. The van der Waals surface area contributed by atoms with Crippen LogP contribution in [0.25, 0.3) is 0 Å². The maximum Gasteiger partial charge on any atom is 0.191 e. The zero-order chi connectivity index (χ0) is 18.6. The zero-order valence-corrected chi connectivity index (χ0v) is 16.1. The van der Waals surface area contributed by atoms with Crippen molar-refractivity contribution < 1.29 is 9.15 Å². The highest BCUT2D eigenvalue weighted by molar-refractivity contribution is 6.35. The van der Waals surface area contributed by atoms with Gasteiger partial charge in [0.25, 0.3) is 0 Å². The minimum Gasteiger partial charge on any atom is -0.467 e. The summed E-state index contributed by atoms with van der Waals surface area (Å²) in [5.41, 5.74) is 0. The molecular formula is C17H23Cl2N5O2. The molecule has 0 fully saturated rings. The van der Waals surface area contributed by atoms with E-state index in [1.54, 1.807) is 25.6 Å². The monoisotopic (exact) mass is 399 g/mol. The van der Waals surface area contributed by atoms with Gasteiger partial charge < -0.3 is 25.1 Å². The van der Waals surface area contributed by atoms with Crippen molar-refractivity contribution >= 4 is 35.0 Å². The van der Waals surface area contributed by atoms with E-state index in [1.807, 2.05) is 12.1 Å². The van der Waals surface area contributed by atoms with Gasteiger partial charge >= 0.3 is 0 Å². The van der Waals surface area contributed by atoms with Gasteiger partial charge in [0, 0.05) is 39.5 Å². The van der Waals surface area contributed by atoms with Crippen LogP contribution in [-0.4, -0.2) is 44.2 Å². The van der Waals surface area contributed by atoms with Gasteiger partial charge in [-0.3, -0.25) is 4.99 Å². The third-order valence-corrected chi connectivity index (χ3v) is 3.82. The summed E-state index contributed by atoms with van der Waals surface area (Å²) < 4.78 is 10.7. The molecule has 2 aromatic heterocycles. The molecule has 2 aromatic rings. The molecule has 9 heteroatoms. The summed E-state index contributed by atoms with van der Waals surface area (Å²) in [6, 6.07) is 5.40. The minimum absolute atomic E-state index is 0.493. The van der Waals surface area contributed by atoms with Crippen LogP contribution in [0.4, 0.5) is 5.82 Å². The molecule has 0 aromatic carbocycles. The van der Waals surface area contributed by atoms with Crippen molar-refractivity contribution in [3.05, 3.63) is 46.5 Å². The Balaban J connectivity index is 1.53. The molecule has 0 aliphatic heterocycles. The summed E-state index contributed by atoms with van der Waals surface area (Å²) in [5.74, 6) is 2.17. The molecule has 3 N–H and O–H groups in total. The third kappa shape index (κ3) is 7.51. The number of halogens is 2. The SMILES string of the molecule is CN=C(NCCCOCc1ccco1)NCCNc1ncc(Cl)cc1Cl. The highest BCUT2D eigenvalue weighted by Crippen LogP contribution is 2.21. The van der Waals surface area contributed by atoms with Crippen LogP contribution < -0.4 is 16.0 Å². The number of nitrogens with one attached hydrogen (secondary N) is 3. The Morgan fingerprint density at radius 2 is 2.12 bits per heavy atom. The Morgan fingerprint density at radius 3 is 2.85 bits per heavy atom. The fourth-order valence-electron chi connectivity index (χ4n) is 2.08. The van der Waals surface area contributed by atoms with E-state index in [-0.39, 0.29) is 0 Å². The van der Waals surface area contributed by atoms with Crippen molar-refractivity contribution in [1.82, 2.24) is 15.6 Å². The van der Waals surface area contributed by atoms with Gasteiger partial charge in [-0.15, -0.1) is 0 Å². The number of aliphatic imine (C=N–C) groups is 1. The zero-order valence-electron chi connectivity index (χ0n) is 14.6. The summed E-state index contributed by atoms with van der Waals surface area (Å²) in [5, 5.41) is 10.6. The molecule has 0 aliphatic carbocycles.